The summed E-state index contributed by atoms with van der Waals surface area (Å²) in [7, 11) is 0. The van der Waals surface area contributed by atoms with E-state index in [-0.39, 0.29) is 0 Å². The third kappa shape index (κ3) is 2.85. The number of hydrogen-bond acceptors (Lipinski definition) is 2. The standard InChI is InChI=1S/C15H30N2/c1-3-14-7-4-8-15(10-14,12-16)17-9-5-6-13(2)11-17/h13-14H,3-12,16H2,1-2H3. The number of nitrogens with two attached hydrogens (primary N) is 1. The van der Waals surface area contributed by atoms with Crippen LogP contribution >= 0.6 is 0 Å². The van der Waals surface area contributed by atoms with Gasteiger partial charge >= 0.3 is 0 Å². The highest BCUT2D eigenvalue weighted by Gasteiger charge is 2.40. The van der Waals surface area contributed by atoms with Gasteiger partial charge in [0.05, 0.1) is 0 Å². The number of rotatable bonds is 3. The monoisotopic (exact) mass is 238 g/mol. The van der Waals surface area contributed by atoms with E-state index in [1.165, 1.54) is 58.0 Å². The molecule has 0 aromatic rings. The first-order valence-corrected chi connectivity index (χ1v) is 7.65. The molecule has 1 aliphatic carbocycles. The Morgan fingerprint density at radius 2 is 2.12 bits per heavy atom. The van der Waals surface area contributed by atoms with Crippen molar-refractivity contribution in [2.75, 3.05) is 19.6 Å². The summed E-state index contributed by atoms with van der Waals surface area (Å²) in [6.07, 6.45) is 9.64. The molecular weight excluding hydrogens is 208 g/mol. The van der Waals surface area contributed by atoms with Crippen molar-refractivity contribution in [1.82, 2.24) is 4.90 Å². The van der Waals surface area contributed by atoms with Gasteiger partial charge in [-0.15, -0.1) is 0 Å². The van der Waals surface area contributed by atoms with Crippen molar-refractivity contribution in [3.8, 4) is 0 Å². The maximum atomic E-state index is 6.19. The van der Waals surface area contributed by atoms with Gasteiger partial charge in [-0.1, -0.05) is 33.1 Å². The van der Waals surface area contributed by atoms with E-state index in [4.69, 9.17) is 5.73 Å². The molecule has 1 heterocycles. The van der Waals surface area contributed by atoms with Crippen LogP contribution in [0.5, 0.6) is 0 Å². The Morgan fingerprint density at radius 3 is 2.76 bits per heavy atom. The van der Waals surface area contributed by atoms with Crippen molar-refractivity contribution >= 4 is 0 Å². The first-order chi connectivity index (χ1) is 8.20. The van der Waals surface area contributed by atoms with E-state index in [1.54, 1.807) is 0 Å². The maximum Gasteiger partial charge on any atom is 0.0334 e. The topological polar surface area (TPSA) is 29.3 Å². The summed E-state index contributed by atoms with van der Waals surface area (Å²) in [6, 6.07) is 0. The first kappa shape index (κ1) is 13.4. The summed E-state index contributed by atoms with van der Waals surface area (Å²) in [5, 5.41) is 0. The molecule has 0 bridgehead atoms. The molecule has 100 valence electrons. The molecule has 3 unspecified atom stereocenters. The number of piperidine rings is 1. The average Bonchev–Trinajstić information content (AvgIpc) is 2.38. The second-order valence-electron chi connectivity index (χ2n) is 6.49. The summed E-state index contributed by atoms with van der Waals surface area (Å²) in [5.74, 6) is 1.79. The largest absolute Gasteiger partial charge is 0.329 e. The fourth-order valence-corrected chi connectivity index (χ4v) is 4.03. The minimum atomic E-state index is 0.355. The molecule has 2 rings (SSSR count). The summed E-state index contributed by atoms with van der Waals surface area (Å²) >= 11 is 0. The minimum Gasteiger partial charge on any atom is -0.329 e. The molecule has 0 aromatic carbocycles. The Hall–Kier alpha value is -0.0800. The lowest BCUT2D eigenvalue weighted by molar-refractivity contribution is 0.00652. The van der Waals surface area contributed by atoms with E-state index < -0.39 is 0 Å². The van der Waals surface area contributed by atoms with Gasteiger partial charge in [-0.05, 0) is 44.1 Å². The van der Waals surface area contributed by atoms with E-state index in [2.05, 4.69) is 18.7 Å². The molecule has 3 atom stereocenters. The summed E-state index contributed by atoms with van der Waals surface area (Å²) in [5.41, 5.74) is 6.54. The van der Waals surface area contributed by atoms with E-state index >= 15 is 0 Å². The van der Waals surface area contributed by atoms with E-state index in [0.717, 1.165) is 18.4 Å². The van der Waals surface area contributed by atoms with Crippen LogP contribution in [0.1, 0.15) is 58.8 Å². The van der Waals surface area contributed by atoms with Crippen LogP contribution in [-0.4, -0.2) is 30.1 Å². The van der Waals surface area contributed by atoms with Crippen molar-refractivity contribution in [2.24, 2.45) is 17.6 Å². The van der Waals surface area contributed by atoms with Crippen LogP contribution in [0.4, 0.5) is 0 Å². The van der Waals surface area contributed by atoms with E-state index in [1.807, 2.05) is 0 Å². The lowest BCUT2D eigenvalue weighted by atomic mass is 9.72. The Kier molecular flexibility index (Phi) is 4.48. The second-order valence-corrected chi connectivity index (χ2v) is 6.49. The molecule has 1 aliphatic heterocycles. The number of nitrogens with zero attached hydrogens (tertiary/aromatic N) is 1. The zero-order chi connectivity index (χ0) is 12.3. The van der Waals surface area contributed by atoms with Crippen LogP contribution in [0.3, 0.4) is 0 Å². The maximum absolute atomic E-state index is 6.19. The van der Waals surface area contributed by atoms with Crippen LogP contribution in [0.2, 0.25) is 0 Å². The van der Waals surface area contributed by atoms with Crippen molar-refractivity contribution in [3.05, 3.63) is 0 Å². The first-order valence-electron chi connectivity index (χ1n) is 7.65. The van der Waals surface area contributed by atoms with Gasteiger partial charge in [0.25, 0.3) is 0 Å². The third-order valence-electron chi connectivity index (χ3n) is 5.21. The molecule has 17 heavy (non-hydrogen) atoms. The molecule has 2 N–H and O–H groups in total. The predicted molar refractivity (Wildman–Crippen MR) is 74.0 cm³/mol. The summed E-state index contributed by atoms with van der Waals surface area (Å²) in [6.45, 7) is 8.19. The molecule has 0 amide bonds. The Balaban J connectivity index is 2.06. The molecular formula is C15H30N2. The molecule has 2 aliphatic rings. The van der Waals surface area contributed by atoms with E-state index in [9.17, 15) is 0 Å². The molecule has 1 saturated carbocycles. The fourth-order valence-electron chi connectivity index (χ4n) is 4.03. The van der Waals surface area contributed by atoms with Gasteiger partial charge in [0.15, 0.2) is 0 Å². The molecule has 0 radical (unpaired) electrons. The molecule has 0 aromatic heterocycles. The van der Waals surface area contributed by atoms with Crippen molar-refractivity contribution in [1.29, 1.82) is 0 Å². The average molecular weight is 238 g/mol. The van der Waals surface area contributed by atoms with Crippen LogP contribution in [-0.2, 0) is 0 Å². The van der Waals surface area contributed by atoms with E-state index in [0.29, 0.717) is 5.54 Å². The summed E-state index contributed by atoms with van der Waals surface area (Å²) in [4.78, 5) is 2.75. The van der Waals surface area contributed by atoms with Gasteiger partial charge in [-0.25, -0.2) is 0 Å². The lowest BCUT2D eigenvalue weighted by Crippen LogP contribution is -2.58. The fraction of sp³-hybridized carbons (Fsp3) is 1.00. The smallest absolute Gasteiger partial charge is 0.0334 e. The molecule has 2 fully saturated rings. The van der Waals surface area contributed by atoms with Crippen molar-refractivity contribution in [3.63, 3.8) is 0 Å². The summed E-state index contributed by atoms with van der Waals surface area (Å²) < 4.78 is 0. The number of hydrogen-bond donors (Lipinski definition) is 1. The number of likely N-dealkylation sites (tertiary alicyclic amines) is 1. The Bertz CT molecular complexity index is 241. The molecule has 2 nitrogen and oxygen atoms in total. The third-order valence-corrected chi connectivity index (χ3v) is 5.21. The minimum absolute atomic E-state index is 0.355. The lowest BCUT2D eigenvalue weighted by Gasteiger charge is -2.50. The van der Waals surface area contributed by atoms with Gasteiger partial charge in [0, 0.05) is 18.6 Å². The second kappa shape index (κ2) is 5.71. The quantitative estimate of drug-likeness (QED) is 0.819. The van der Waals surface area contributed by atoms with Gasteiger partial charge in [0.1, 0.15) is 0 Å². The van der Waals surface area contributed by atoms with Crippen molar-refractivity contribution < 1.29 is 0 Å². The van der Waals surface area contributed by atoms with Crippen LogP contribution in [0.25, 0.3) is 0 Å². The highest BCUT2D eigenvalue weighted by molar-refractivity contribution is 4.97. The zero-order valence-electron chi connectivity index (χ0n) is 11.8. The van der Waals surface area contributed by atoms with Gasteiger partial charge in [-0.2, -0.15) is 0 Å². The van der Waals surface area contributed by atoms with Crippen LogP contribution in [0.15, 0.2) is 0 Å². The normalized spacial score (nSPS) is 40.4. The molecule has 2 heteroatoms. The Morgan fingerprint density at radius 1 is 1.29 bits per heavy atom. The Labute approximate surface area is 107 Å². The van der Waals surface area contributed by atoms with Gasteiger partial charge < -0.3 is 5.73 Å². The zero-order valence-corrected chi connectivity index (χ0v) is 11.8. The van der Waals surface area contributed by atoms with Crippen LogP contribution in [0, 0.1) is 11.8 Å². The van der Waals surface area contributed by atoms with Crippen molar-refractivity contribution in [2.45, 2.75) is 64.3 Å². The van der Waals surface area contributed by atoms with Crippen LogP contribution < -0.4 is 5.73 Å². The van der Waals surface area contributed by atoms with Gasteiger partial charge in [0.2, 0.25) is 0 Å². The highest BCUT2D eigenvalue weighted by atomic mass is 15.2. The van der Waals surface area contributed by atoms with Gasteiger partial charge in [-0.3, -0.25) is 4.90 Å². The molecule has 1 saturated heterocycles. The SMILES string of the molecule is CCC1CCCC(CN)(N2CCCC(C)C2)C1. The molecule has 0 spiro atoms. The highest BCUT2D eigenvalue weighted by Crippen LogP contribution is 2.39. The predicted octanol–water partition coefficient (Wildman–Crippen LogP) is 3.02.